The molecule has 2 rings (SSSR count). The first-order chi connectivity index (χ1) is 8.22. The second-order valence-electron chi connectivity index (χ2n) is 4.42. The molecule has 0 atom stereocenters. The highest BCUT2D eigenvalue weighted by Crippen LogP contribution is 2.14. The maximum absolute atomic E-state index is 11.8. The molecule has 0 aliphatic carbocycles. The number of aromatic amines is 1. The third-order valence-electron chi connectivity index (χ3n) is 3.03. The number of H-pyrrole nitrogens is 1. The van der Waals surface area contributed by atoms with Crippen molar-refractivity contribution in [3.8, 4) is 0 Å². The first-order valence-corrected chi connectivity index (χ1v) is 6.20. The summed E-state index contributed by atoms with van der Waals surface area (Å²) in [5, 5.41) is 0. The van der Waals surface area contributed by atoms with Crippen molar-refractivity contribution in [2.45, 2.75) is 39.2 Å². The van der Waals surface area contributed by atoms with E-state index < -0.39 is 0 Å². The van der Waals surface area contributed by atoms with Gasteiger partial charge in [-0.3, -0.25) is 4.57 Å². The van der Waals surface area contributed by atoms with Gasteiger partial charge in [0.1, 0.15) is 0 Å². The van der Waals surface area contributed by atoms with E-state index in [-0.39, 0.29) is 5.69 Å². The Bertz CT molecular complexity index is 553. The maximum atomic E-state index is 11.8. The second-order valence-corrected chi connectivity index (χ2v) is 4.42. The first-order valence-electron chi connectivity index (χ1n) is 6.20. The van der Waals surface area contributed by atoms with E-state index in [4.69, 9.17) is 5.73 Å². The Kier molecular flexibility index (Phi) is 3.52. The molecule has 4 heteroatoms. The summed E-state index contributed by atoms with van der Waals surface area (Å²) in [6, 6.07) is 5.52. The van der Waals surface area contributed by atoms with E-state index in [0.717, 1.165) is 30.4 Å². The van der Waals surface area contributed by atoms with E-state index in [2.05, 4.69) is 11.9 Å². The number of benzene rings is 1. The molecule has 0 spiro atoms. The minimum atomic E-state index is -0.0397. The number of aryl methyl sites for hydroxylation is 1. The first kappa shape index (κ1) is 11.8. The van der Waals surface area contributed by atoms with E-state index in [0.29, 0.717) is 5.69 Å². The molecule has 1 aromatic heterocycles. The van der Waals surface area contributed by atoms with Gasteiger partial charge in [-0.15, -0.1) is 0 Å². The van der Waals surface area contributed by atoms with Gasteiger partial charge in [0.25, 0.3) is 0 Å². The summed E-state index contributed by atoms with van der Waals surface area (Å²) in [7, 11) is 0. The summed E-state index contributed by atoms with van der Waals surface area (Å²) in [6.07, 6.45) is 4.63. The molecule has 0 bridgehead atoms. The summed E-state index contributed by atoms with van der Waals surface area (Å²) in [5.74, 6) is 0. The van der Waals surface area contributed by atoms with Crippen molar-refractivity contribution in [2.24, 2.45) is 0 Å². The second kappa shape index (κ2) is 5.08. The quantitative estimate of drug-likeness (QED) is 0.615. The fourth-order valence-electron chi connectivity index (χ4n) is 2.09. The van der Waals surface area contributed by atoms with E-state index in [1.54, 1.807) is 10.6 Å². The molecule has 0 unspecified atom stereocenters. The van der Waals surface area contributed by atoms with Crippen LogP contribution in [0.5, 0.6) is 0 Å². The lowest BCUT2D eigenvalue weighted by Gasteiger charge is -2.03. The van der Waals surface area contributed by atoms with Gasteiger partial charge in [0.05, 0.1) is 11.0 Å². The molecule has 0 aliphatic heterocycles. The minimum absolute atomic E-state index is 0.0397. The fourth-order valence-corrected chi connectivity index (χ4v) is 2.09. The van der Waals surface area contributed by atoms with Gasteiger partial charge in [-0.25, -0.2) is 4.79 Å². The lowest BCUT2D eigenvalue weighted by atomic mass is 10.2. The predicted molar refractivity (Wildman–Crippen MR) is 71.1 cm³/mol. The van der Waals surface area contributed by atoms with Crippen molar-refractivity contribution >= 4 is 16.7 Å². The molecule has 0 fully saturated rings. The molecule has 2 aromatic rings. The summed E-state index contributed by atoms with van der Waals surface area (Å²) >= 11 is 0. The number of imidazole rings is 1. The van der Waals surface area contributed by atoms with Gasteiger partial charge in [0.15, 0.2) is 0 Å². The van der Waals surface area contributed by atoms with Crippen molar-refractivity contribution in [1.29, 1.82) is 0 Å². The number of nitrogens with zero attached hydrogens (tertiary/aromatic N) is 1. The lowest BCUT2D eigenvalue weighted by Crippen LogP contribution is -2.16. The number of nitrogen functional groups attached to an aromatic ring is 1. The summed E-state index contributed by atoms with van der Waals surface area (Å²) in [5.41, 5.74) is 8.17. The number of hydrogen-bond acceptors (Lipinski definition) is 2. The highest BCUT2D eigenvalue weighted by Gasteiger charge is 2.06. The Morgan fingerprint density at radius 1 is 1.29 bits per heavy atom. The zero-order valence-electron chi connectivity index (χ0n) is 10.2. The van der Waals surface area contributed by atoms with Crippen LogP contribution in [0.25, 0.3) is 11.0 Å². The summed E-state index contributed by atoms with van der Waals surface area (Å²) < 4.78 is 1.78. The van der Waals surface area contributed by atoms with E-state index in [9.17, 15) is 4.79 Å². The predicted octanol–water partition coefficient (Wildman–Crippen LogP) is 2.49. The largest absolute Gasteiger partial charge is 0.399 e. The van der Waals surface area contributed by atoms with Crippen LogP contribution in [-0.2, 0) is 6.54 Å². The molecule has 0 radical (unpaired) electrons. The van der Waals surface area contributed by atoms with Crippen LogP contribution in [0.1, 0.15) is 32.6 Å². The van der Waals surface area contributed by atoms with Crippen LogP contribution < -0.4 is 11.4 Å². The maximum Gasteiger partial charge on any atom is 0.326 e. The van der Waals surface area contributed by atoms with Crippen LogP contribution in [-0.4, -0.2) is 9.55 Å². The van der Waals surface area contributed by atoms with Crippen LogP contribution >= 0.6 is 0 Å². The van der Waals surface area contributed by atoms with Gasteiger partial charge in [0.2, 0.25) is 0 Å². The standard InChI is InChI=1S/C13H19N3O/c1-2-3-4-5-8-16-12-9-10(14)6-7-11(12)15-13(16)17/h6-7,9H,2-5,8,14H2,1H3,(H,15,17). The van der Waals surface area contributed by atoms with Crippen LogP contribution in [0, 0.1) is 0 Å². The van der Waals surface area contributed by atoms with Crippen LogP contribution in [0.15, 0.2) is 23.0 Å². The highest BCUT2D eigenvalue weighted by atomic mass is 16.1. The Morgan fingerprint density at radius 2 is 2.12 bits per heavy atom. The van der Waals surface area contributed by atoms with Crippen LogP contribution in [0.3, 0.4) is 0 Å². The van der Waals surface area contributed by atoms with Crippen molar-refractivity contribution < 1.29 is 0 Å². The molecule has 0 saturated heterocycles. The molecular formula is C13H19N3O. The zero-order valence-corrected chi connectivity index (χ0v) is 10.2. The lowest BCUT2D eigenvalue weighted by molar-refractivity contribution is 0.581. The topological polar surface area (TPSA) is 63.8 Å². The van der Waals surface area contributed by atoms with Crippen LogP contribution in [0.4, 0.5) is 5.69 Å². The number of aromatic nitrogens is 2. The van der Waals surface area contributed by atoms with Gasteiger partial charge < -0.3 is 10.7 Å². The van der Waals surface area contributed by atoms with Gasteiger partial charge >= 0.3 is 5.69 Å². The number of anilines is 1. The normalized spacial score (nSPS) is 11.1. The third kappa shape index (κ3) is 2.52. The van der Waals surface area contributed by atoms with Gasteiger partial charge in [0, 0.05) is 12.2 Å². The SMILES string of the molecule is CCCCCCn1c(=O)[nH]c2ccc(N)cc21. The van der Waals surface area contributed by atoms with Crippen molar-refractivity contribution in [1.82, 2.24) is 9.55 Å². The monoisotopic (exact) mass is 233 g/mol. The van der Waals surface area contributed by atoms with E-state index in [1.807, 2.05) is 12.1 Å². The molecule has 17 heavy (non-hydrogen) atoms. The van der Waals surface area contributed by atoms with Gasteiger partial charge in [-0.1, -0.05) is 26.2 Å². The highest BCUT2D eigenvalue weighted by molar-refractivity contribution is 5.78. The minimum Gasteiger partial charge on any atom is -0.399 e. The Labute approximate surface area is 100 Å². The summed E-state index contributed by atoms with van der Waals surface area (Å²) in [4.78, 5) is 14.6. The van der Waals surface area contributed by atoms with Crippen LogP contribution in [0.2, 0.25) is 0 Å². The average Bonchev–Trinajstić information content (AvgIpc) is 2.61. The molecule has 4 nitrogen and oxygen atoms in total. The average molecular weight is 233 g/mol. The zero-order chi connectivity index (χ0) is 12.3. The number of nitrogens with one attached hydrogen (secondary N) is 1. The van der Waals surface area contributed by atoms with Crippen molar-refractivity contribution in [3.63, 3.8) is 0 Å². The Hall–Kier alpha value is -1.71. The van der Waals surface area contributed by atoms with Crippen molar-refractivity contribution in [3.05, 3.63) is 28.7 Å². The number of hydrogen-bond donors (Lipinski definition) is 2. The molecule has 0 amide bonds. The third-order valence-corrected chi connectivity index (χ3v) is 3.03. The van der Waals surface area contributed by atoms with Crippen molar-refractivity contribution in [2.75, 3.05) is 5.73 Å². The van der Waals surface area contributed by atoms with E-state index >= 15 is 0 Å². The van der Waals surface area contributed by atoms with Gasteiger partial charge in [-0.2, -0.15) is 0 Å². The number of nitrogens with two attached hydrogens (primary N) is 1. The van der Waals surface area contributed by atoms with Gasteiger partial charge in [-0.05, 0) is 24.6 Å². The molecular weight excluding hydrogens is 214 g/mol. The number of fused-ring (bicyclic) bond motifs is 1. The fraction of sp³-hybridized carbons (Fsp3) is 0.462. The molecule has 1 aromatic carbocycles. The molecule has 0 aliphatic rings. The Morgan fingerprint density at radius 3 is 2.88 bits per heavy atom. The molecule has 0 saturated carbocycles. The number of rotatable bonds is 5. The molecule has 92 valence electrons. The smallest absolute Gasteiger partial charge is 0.326 e. The summed E-state index contributed by atoms with van der Waals surface area (Å²) in [6.45, 7) is 2.95. The van der Waals surface area contributed by atoms with E-state index in [1.165, 1.54) is 12.8 Å². The Balaban J connectivity index is 2.23. The molecule has 1 heterocycles. The number of unbranched alkanes of at least 4 members (excludes halogenated alkanes) is 3. The molecule has 3 N–H and O–H groups in total.